The Morgan fingerprint density at radius 3 is 2.90 bits per heavy atom. The first-order valence-electron chi connectivity index (χ1n) is 6.99. The lowest BCUT2D eigenvalue weighted by Crippen LogP contribution is -2.33. The second kappa shape index (κ2) is 5.34. The van der Waals surface area contributed by atoms with Crippen LogP contribution in [0.1, 0.15) is 42.9 Å². The fourth-order valence-electron chi connectivity index (χ4n) is 2.82. The number of benzene rings is 1. The molecule has 2 aliphatic rings. The van der Waals surface area contributed by atoms with Crippen molar-refractivity contribution in [2.75, 3.05) is 0 Å². The van der Waals surface area contributed by atoms with Crippen molar-refractivity contribution in [2.24, 2.45) is 0 Å². The summed E-state index contributed by atoms with van der Waals surface area (Å²) < 4.78 is 0. The molecule has 3 rings (SSSR count). The lowest BCUT2D eigenvalue weighted by atomic mass is 9.94. The fraction of sp³-hybridized carbons (Fsp3) is 0.294. The summed E-state index contributed by atoms with van der Waals surface area (Å²) in [6, 6.07) is 9.47. The van der Waals surface area contributed by atoms with Crippen LogP contribution >= 0.6 is 0 Å². The van der Waals surface area contributed by atoms with Gasteiger partial charge in [0, 0.05) is 11.8 Å². The standard InChI is InChI=1S/C17H16N2O/c18-12-16-15-9-5-4-6-13(15)10-11-19(16)17(20)14-7-2-1-3-8-14/h4-7,9-11,16H,1-3,8H2/t16-/m0/s1. The number of fused-ring (bicyclic) bond motifs is 1. The van der Waals surface area contributed by atoms with Crippen molar-refractivity contribution >= 4 is 12.0 Å². The summed E-state index contributed by atoms with van der Waals surface area (Å²) in [5, 5.41) is 9.46. The molecule has 0 unspecified atom stereocenters. The summed E-state index contributed by atoms with van der Waals surface area (Å²) in [5.41, 5.74) is 2.77. The van der Waals surface area contributed by atoms with Gasteiger partial charge < -0.3 is 0 Å². The van der Waals surface area contributed by atoms with Gasteiger partial charge in [0.1, 0.15) is 6.04 Å². The summed E-state index contributed by atoms with van der Waals surface area (Å²) in [4.78, 5) is 14.2. The monoisotopic (exact) mass is 264 g/mol. The summed E-state index contributed by atoms with van der Waals surface area (Å²) in [6.45, 7) is 0. The SMILES string of the molecule is N#C[C@H]1c2ccccc2C=CN1C(=O)C1=CCCCC1. The van der Waals surface area contributed by atoms with E-state index in [1.165, 1.54) is 0 Å². The third-order valence-corrected chi connectivity index (χ3v) is 3.91. The number of allylic oxidation sites excluding steroid dienone is 1. The summed E-state index contributed by atoms with van der Waals surface area (Å²) in [5.74, 6) is -0.0259. The van der Waals surface area contributed by atoms with Gasteiger partial charge in [-0.1, -0.05) is 30.3 Å². The Morgan fingerprint density at radius 1 is 1.30 bits per heavy atom. The highest BCUT2D eigenvalue weighted by Gasteiger charge is 2.29. The highest BCUT2D eigenvalue weighted by Crippen LogP contribution is 2.32. The molecule has 0 spiro atoms. The van der Waals surface area contributed by atoms with Crippen LogP contribution in [-0.4, -0.2) is 10.8 Å². The molecular weight excluding hydrogens is 248 g/mol. The van der Waals surface area contributed by atoms with E-state index in [-0.39, 0.29) is 5.91 Å². The number of amides is 1. The van der Waals surface area contributed by atoms with Crippen LogP contribution in [0.25, 0.3) is 6.08 Å². The van der Waals surface area contributed by atoms with E-state index in [1.807, 2.05) is 36.4 Å². The third kappa shape index (κ3) is 2.14. The van der Waals surface area contributed by atoms with Crippen LogP contribution < -0.4 is 0 Å². The number of rotatable bonds is 1. The number of nitriles is 1. The van der Waals surface area contributed by atoms with Crippen LogP contribution in [-0.2, 0) is 4.79 Å². The van der Waals surface area contributed by atoms with E-state index in [1.54, 1.807) is 11.1 Å². The Hall–Kier alpha value is -2.34. The maximum atomic E-state index is 12.6. The Kier molecular flexibility index (Phi) is 3.39. The van der Waals surface area contributed by atoms with E-state index in [9.17, 15) is 10.1 Å². The molecule has 3 nitrogen and oxygen atoms in total. The van der Waals surface area contributed by atoms with Crippen molar-refractivity contribution in [2.45, 2.75) is 31.7 Å². The largest absolute Gasteiger partial charge is 0.295 e. The zero-order valence-corrected chi connectivity index (χ0v) is 11.2. The molecule has 20 heavy (non-hydrogen) atoms. The predicted molar refractivity (Wildman–Crippen MR) is 77.2 cm³/mol. The van der Waals surface area contributed by atoms with Crippen LogP contribution in [0.2, 0.25) is 0 Å². The Labute approximate surface area is 118 Å². The molecule has 1 aromatic rings. The van der Waals surface area contributed by atoms with Gasteiger partial charge in [-0.3, -0.25) is 9.69 Å². The lowest BCUT2D eigenvalue weighted by Gasteiger charge is -2.30. The number of hydrogen-bond donors (Lipinski definition) is 0. The summed E-state index contributed by atoms with van der Waals surface area (Å²) in [6.07, 6.45) is 9.67. The maximum absolute atomic E-state index is 12.6. The topological polar surface area (TPSA) is 44.1 Å². The van der Waals surface area contributed by atoms with Crippen LogP contribution in [0, 0.1) is 11.3 Å². The second-order valence-corrected chi connectivity index (χ2v) is 5.16. The smallest absolute Gasteiger partial charge is 0.254 e. The minimum Gasteiger partial charge on any atom is -0.295 e. The Balaban J connectivity index is 1.94. The minimum atomic E-state index is -0.522. The number of carbonyl (C=O) groups is 1. The number of carbonyl (C=O) groups excluding carboxylic acids is 1. The zero-order chi connectivity index (χ0) is 13.9. The zero-order valence-electron chi connectivity index (χ0n) is 11.2. The average molecular weight is 264 g/mol. The number of nitrogens with zero attached hydrogens (tertiary/aromatic N) is 2. The van der Waals surface area contributed by atoms with Gasteiger partial charge in [-0.05, 0) is 42.9 Å². The van der Waals surface area contributed by atoms with Gasteiger partial charge in [-0.25, -0.2) is 0 Å². The molecule has 0 radical (unpaired) electrons. The highest BCUT2D eigenvalue weighted by molar-refractivity contribution is 5.95. The second-order valence-electron chi connectivity index (χ2n) is 5.16. The van der Waals surface area contributed by atoms with Crippen molar-refractivity contribution in [1.29, 1.82) is 5.26 Å². The molecule has 1 aliphatic heterocycles. The average Bonchev–Trinajstić information content (AvgIpc) is 2.54. The fourth-order valence-corrected chi connectivity index (χ4v) is 2.82. The Morgan fingerprint density at radius 2 is 2.15 bits per heavy atom. The third-order valence-electron chi connectivity index (χ3n) is 3.91. The molecule has 100 valence electrons. The first kappa shape index (κ1) is 12.7. The minimum absolute atomic E-state index is 0.0259. The van der Waals surface area contributed by atoms with Crippen molar-refractivity contribution in [1.82, 2.24) is 4.90 Å². The molecule has 0 saturated carbocycles. The van der Waals surface area contributed by atoms with Gasteiger partial charge in [0.15, 0.2) is 0 Å². The normalized spacial score (nSPS) is 20.9. The molecule has 0 saturated heterocycles. The van der Waals surface area contributed by atoms with Gasteiger partial charge in [0.2, 0.25) is 0 Å². The van der Waals surface area contributed by atoms with E-state index < -0.39 is 6.04 Å². The molecule has 1 heterocycles. The number of hydrogen-bond acceptors (Lipinski definition) is 2. The predicted octanol–water partition coefficient (Wildman–Crippen LogP) is 3.56. The van der Waals surface area contributed by atoms with E-state index in [0.29, 0.717) is 0 Å². The maximum Gasteiger partial charge on any atom is 0.254 e. The molecule has 0 aromatic heterocycles. The molecule has 1 atom stereocenters. The molecule has 3 heteroatoms. The first-order valence-corrected chi connectivity index (χ1v) is 6.99. The molecule has 0 bridgehead atoms. The van der Waals surface area contributed by atoms with Gasteiger partial charge in [-0.15, -0.1) is 0 Å². The Bertz CT molecular complexity index is 637. The van der Waals surface area contributed by atoms with E-state index in [4.69, 9.17) is 0 Å². The lowest BCUT2D eigenvalue weighted by molar-refractivity contribution is -0.126. The van der Waals surface area contributed by atoms with Gasteiger partial charge >= 0.3 is 0 Å². The van der Waals surface area contributed by atoms with Crippen molar-refractivity contribution in [3.63, 3.8) is 0 Å². The highest BCUT2D eigenvalue weighted by atomic mass is 16.2. The van der Waals surface area contributed by atoms with E-state index >= 15 is 0 Å². The molecule has 0 fully saturated rings. The van der Waals surface area contributed by atoms with E-state index in [2.05, 4.69) is 6.07 Å². The van der Waals surface area contributed by atoms with Crippen LogP contribution in [0.4, 0.5) is 0 Å². The molecule has 1 amide bonds. The summed E-state index contributed by atoms with van der Waals surface area (Å²) >= 11 is 0. The quantitative estimate of drug-likeness (QED) is 0.778. The van der Waals surface area contributed by atoms with Gasteiger partial charge in [-0.2, -0.15) is 5.26 Å². The van der Waals surface area contributed by atoms with Crippen LogP contribution in [0.15, 0.2) is 42.1 Å². The first-order chi connectivity index (χ1) is 9.81. The molecule has 1 aromatic carbocycles. The van der Waals surface area contributed by atoms with Crippen LogP contribution in [0.5, 0.6) is 0 Å². The van der Waals surface area contributed by atoms with Gasteiger partial charge in [0.25, 0.3) is 5.91 Å². The van der Waals surface area contributed by atoms with Gasteiger partial charge in [0.05, 0.1) is 6.07 Å². The summed E-state index contributed by atoms with van der Waals surface area (Å²) in [7, 11) is 0. The van der Waals surface area contributed by atoms with Crippen LogP contribution in [0.3, 0.4) is 0 Å². The molecular formula is C17H16N2O. The van der Waals surface area contributed by atoms with Crippen molar-refractivity contribution in [3.8, 4) is 6.07 Å². The molecule has 1 aliphatic carbocycles. The molecule has 0 N–H and O–H groups in total. The van der Waals surface area contributed by atoms with Crippen molar-refractivity contribution < 1.29 is 4.79 Å². The van der Waals surface area contributed by atoms with Crippen molar-refractivity contribution in [3.05, 3.63) is 53.2 Å². The van der Waals surface area contributed by atoms with E-state index in [0.717, 1.165) is 42.4 Å².